The van der Waals surface area contributed by atoms with Gasteiger partial charge in [0.05, 0.1) is 142 Å². The van der Waals surface area contributed by atoms with Crippen LogP contribution in [0.25, 0.3) is 0 Å². The second-order valence-electron chi connectivity index (χ2n) is 19.0. The summed E-state index contributed by atoms with van der Waals surface area (Å²) in [5.41, 5.74) is -1.19. The summed E-state index contributed by atoms with van der Waals surface area (Å²) in [7, 11) is 3.89. The molecule has 0 aromatic heterocycles. The predicted molar refractivity (Wildman–Crippen MR) is 251 cm³/mol. The minimum Gasteiger partial charge on any atom is -0.396 e. The molecule has 22 heteroatoms. The number of hydrogen-bond donors (Lipinski definition) is 3. The van der Waals surface area contributed by atoms with Gasteiger partial charge < -0.3 is 77.0 Å². The monoisotopic (exact) mass is 999 g/mol. The van der Waals surface area contributed by atoms with Gasteiger partial charge in [0.1, 0.15) is 37.3 Å². The molecule has 6 rings (SSSR count). The molecular weight excluding hydrogens is 917 g/mol. The second-order valence-corrected chi connectivity index (χ2v) is 21.7. The fourth-order valence-corrected chi connectivity index (χ4v) is 9.98. The van der Waals surface area contributed by atoms with E-state index in [9.17, 15) is 20.1 Å². The summed E-state index contributed by atoms with van der Waals surface area (Å²) in [6.45, 7) is 19.1. The van der Waals surface area contributed by atoms with Crippen molar-refractivity contribution in [2.45, 2.75) is 43.0 Å². The molecule has 20 nitrogen and oxygen atoms in total. The number of hydrogen-bond acceptors (Lipinski definition) is 22. The number of rotatable bonds is 44. The molecule has 7 atom stereocenters. The Morgan fingerprint density at radius 1 is 0.522 bits per heavy atom. The maximum absolute atomic E-state index is 11.0. The van der Waals surface area contributed by atoms with E-state index < -0.39 is 23.0 Å². The lowest BCUT2D eigenvalue weighted by molar-refractivity contribution is -0.126. The van der Waals surface area contributed by atoms with E-state index in [2.05, 4.69) is 19.6 Å². The summed E-state index contributed by atoms with van der Waals surface area (Å²) in [5, 5.41) is 31.0. The average Bonchev–Trinajstić information content (AvgIpc) is 4.10. The van der Waals surface area contributed by atoms with Crippen molar-refractivity contribution in [3.05, 3.63) is 0 Å². The first-order valence-electron chi connectivity index (χ1n) is 24.5. The highest BCUT2D eigenvalue weighted by molar-refractivity contribution is 8.76. The Kier molecular flexibility index (Phi) is 26.7. The van der Waals surface area contributed by atoms with Crippen LogP contribution >= 0.6 is 21.6 Å². The van der Waals surface area contributed by atoms with Crippen molar-refractivity contribution in [1.82, 2.24) is 19.6 Å². The lowest BCUT2D eigenvalue weighted by Gasteiger charge is -2.36. The number of β-amino-alcohol motifs (C(OH)–C–C–N with tert-alkyl or cyclic N) is 2. The molecule has 6 aliphatic heterocycles. The van der Waals surface area contributed by atoms with E-state index in [4.69, 9.17) is 56.8 Å². The van der Waals surface area contributed by atoms with Crippen molar-refractivity contribution in [2.75, 3.05) is 229 Å². The van der Waals surface area contributed by atoms with Crippen LogP contribution in [0.4, 0.5) is 0 Å². The number of nitrogens with zero attached hydrogens (tertiary/aromatic N) is 4. The fraction of sp³-hybridized carbons (Fsp3) is 0.978. The highest BCUT2D eigenvalue weighted by Gasteiger charge is 2.37. The standard InChI is InChI=1S/C45H82N4O16S2/c50-12-1-14-54-30-44(31-55-15-13-51,34-58-22-40-26-62-40)32-56-20-38(52)18-48-6-2-46(3-7-48)10-16-66-67-17-11-47-4-8-49(9-5-47)19-39(53)21-57-33-45(35-59-23-41-27-63-41,36-60-24-42-28-64-42)37-61-25-43-29-65-43/h13,38-43,50,52-53H,1-12,14-37H2. The van der Waals surface area contributed by atoms with Gasteiger partial charge in [0.15, 0.2) is 0 Å². The van der Waals surface area contributed by atoms with Crippen molar-refractivity contribution in [1.29, 1.82) is 0 Å². The van der Waals surface area contributed by atoms with Gasteiger partial charge in [-0.1, -0.05) is 21.6 Å². The minimum atomic E-state index is -0.671. The Morgan fingerprint density at radius 3 is 1.22 bits per heavy atom. The van der Waals surface area contributed by atoms with Crippen LogP contribution in [-0.2, 0) is 61.6 Å². The Labute approximate surface area is 405 Å². The van der Waals surface area contributed by atoms with Crippen molar-refractivity contribution < 1.29 is 77.0 Å². The topological polar surface area (TPSA) is 215 Å². The number of aliphatic hydroxyl groups is 3. The van der Waals surface area contributed by atoms with Crippen molar-refractivity contribution in [2.24, 2.45) is 10.8 Å². The lowest BCUT2D eigenvalue weighted by Crippen LogP contribution is -2.49. The first-order chi connectivity index (χ1) is 32.8. The van der Waals surface area contributed by atoms with Crippen LogP contribution < -0.4 is 0 Å². The molecule has 3 N–H and O–H groups in total. The molecule has 6 saturated heterocycles. The van der Waals surface area contributed by atoms with Crippen LogP contribution in [0.3, 0.4) is 0 Å². The number of aliphatic hydroxyl groups excluding tert-OH is 3. The fourth-order valence-electron chi connectivity index (χ4n) is 7.93. The number of aldehydes is 1. The van der Waals surface area contributed by atoms with Crippen LogP contribution in [0.15, 0.2) is 0 Å². The first kappa shape index (κ1) is 55.9. The zero-order valence-electron chi connectivity index (χ0n) is 39.8. The summed E-state index contributed by atoms with van der Waals surface area (Å²) >= 11 is 0. The number of ether oxygens (including phenoxy) is 12. The molecule has 0 aromatic carbocycles. The molecule has 0 spiro atoms. The summed E-state index contributed by atoms with van der Waals surface area (Å²) in [6, 6.07) is 0. The minimum absolute atomic E-state index is 0.0355. The normalized spacial score (nSPS) is 26.3. The Balaban J connectivity index is 0.773. The molecule has 67 heavy (non-hydrogen) atoms. The molecule has 390 valence electrons. The highest BCUT2D eigenvalue weighted by atomic mass is 33.1. The van der Waals surface area contributed by atoms with E-state index >= 15 is 0 Å². The van der Waals surface area contributed by atoms with Gasteiger partial charge in [-0.2, -0.15) is 0 Å². The quantitative estimate of drug-likeness (QED) is 0.0277. The molecule has 0 radical (unpaired) electrons. The lowest BCUT2D eigenvalue weighted by atomic mass is 9.92. The predicted octanol–water partition coefficient (Wildman–Crippen LogP) is -1.39. The Bertz CT molecular complexity index is 1250. The molecule has 0 bridgehead atoms. The van der Waals surface area contributed by atoms with E-state index in [1.165, 1.54) is 0 Å². The molecule has 7 unspecified atom stereocenters. The number of epoxide rings is 4. The molecule has 6 heterocycles. The molecule has 0 amide bonds. The van der Waals surface area contributed by atoms with Crippen LogP contribution in [-0.4, -0.2) is 307 Å². The van der Waals surface area contributed by atoms with Gasteiger partial charge in [0.25, 0.3) is 0 Å². The summed E-state index contributed by atoms with van der Waals surface area (Å²) in [4.78, 5) is 20.6. The molecule has 0 aromatic rings. The molecule has 0 saturated carbocycles. The van der Waals surface area contributed by atoms with Crippen LogP contribution in [0.1, 0.15) is 6.42 Å². The average molecular weight is 999 g/mol. The number of carbonyl (C=O) groups excluding carboxylic acids is 1. The third kappa shape index (κ3) is 24.7. The number of carbonyl (C=O) groups is 1. The molecule has 6 fully saturated rings. The second kappa shape index (κ2) is 31.9. The van der Waals surface area contributed by atoms with Crippen molar-refractivity contribution >= 4 is 27.9 Å². The van der Waals surface area contributed by atoms with Crippen molar-refractivity contribution in [3.8, 4) is 0 Å². The maximum atomic E-state index is 11.0. The van der Waals surface area contributed by atoms with E-state index in [-0.39, 0.29) is 70.7 Å². The van der Waals surface area contributed by atoms with Gasteiger partial charge in [-0.15, -0.1) is 0 Å². The van der Waals surface area contributed by atoms with E-state index in [0.717, 1.165) is 96.8 Å². The van der Waals surface area contributed by atoms with E-state index in [1.807, 2.05) is 21.6 Å². The highest BCUT2D eigenvalue weighted by Crippen LogP contribution is 2.26. The third-order valence-electron chi connectivity index (χ3n) is 12.3. The van der Waals surface area contributed by atoms with Gasteiger partial charge in [-0.3, -0.25) is 19.6 Å². The molecule has 0 aliphatic carbocycles. The Hall–Kier alpha value is -0.390. The third-order valence-corrected chi connectivity index (χ3v) is 14.6. The molecule has 6 aliphatic rings. The largest absolute Gasteiger partial charge is 0.396 e. The number of piperazine rings is 2. The van der Waals surface area contributed by atoms with Gasteiger partial charge in [-0.25, -0.2) is 0 Å². The SMILES string of the molecule is O=CCOCC(COCCCO)(COCC(O)CN1CCN(CCSSCCN2CCN(CC(O)COCC(COCC3CO3)(COCC3CO3)COCC3CO3)CC2)CC1)COCC1CO1. The molecular formula is C45H82N4O16S2. The zero-order valence-corrected chi connectivity index (χ0v) is 41.4. The smallest absolute Gasteiger partial charge is 0.145 e. The zero-order chi connectivity index (χ0) is 46.8. The summed E-state index contributed by atoms with van der Waals surface area (Å²) < 4.78 is 69.0. The van der Waals surface area contributed by atoms with Gasteiger partial charge in [0, 0.05) is 103 Å². The van der Waals surface area contributed by atoms with Crippen LogP contribution in [0.2, 0.25) is 0 Å². The van der Waals surface area contributed by atoms with Crippen LogP contribution in [0, 0.1) is 10.8 Å². The van der Waals surface area contributed by atoms with Crippen LogP contribution in [0.5, 0.6) is 0 Å². The van der Waals surface area contributed by atoms with Gasteiger partial charge in [0.2, 0.25) is 0 Å². The van der Waals surface area contributed by atoms with Crippen molar-refractivity contribution in [3.63, 3.8) is 0 Å². The van der Waals surface area contributed by atoms with Gasteiger partial charge in [-0.05, 0) is 6.42 Å². The Morgan fingerprint density at radius 2 is 0.866 bits per heavy atom. The van der Waals surface area contributed by atoms with E-state index in [0.29, 0.717) is 98.5 Å². The first-order valence-corrected chi connectivity index (χ1v) is 26.9. The van der Waals surface area contributed by atoms with E-state index in [1.54, 1.807) is 0 Å². The summed E-state index contributed by atoms with van der Waals surface area (Å²) in [6.07, 6.45) is 0.568. The maximum Gasteiger partial charge on any atom is 0.145 e. The summed E-state index contributed by atoms with van der Waals surface area (Å²) in [5.74, 6) is 2.15. The van der Waals surface area contributed by atoms with Gasteiger partial charge >= 0.3 is 0 Å².